The Labute approximate surface area is 163 Å². The molecule has 0 amide bonds. The molecule has 5 heteroatoms. The van der Waals surface area contributed by atoms with E-state index in [1.54, 1.807) is 6.20 Å². The first-order valence-corrected chi connectivity index (χ1v) is 9.08. The summed E-state index contributed by atoms with van der Waals surface area (Å²) >= 11 is 6.28. The lowest BCUT2D eigenvalue weighted by atomic mass is 10.1. The fourth-order valence-corrected chi connectivity index (χ4v) is 3.42. The minimum absolute atomic E-state index is 0.264. The number of aryl methyl sites for hydroxylation is 1. The summed E-state index contributed by atoms with van der Waals surface area (Å²) in [5.41, 5.74) is 12.2. The van der Waals surface area contributed by atoms with Gasteiger partial charge < -0.3 is 10.3 Å². The second kappa shape index (κ2) is 7.25. The van der Waals surface area contributed by atoms with Gasteiger partial charge in [0.25, 0.3) is 0 Å². The summed E-state index contributed by atoms with van der Waals surface area (Å²) in [6.45, 7) is 2.81. The molecule has 0 unspecified atom stereocenters. The lowest BCUT2D eigenvalue weighted by Crippen LogP contribution is -2.06. The Balaban J connectivity index is 1.90. The van der Waals surface area contributed by atoms with Crippen molar-refractivity contribution in [1.29, 1.82) is 0 Å². The van der Waals surface area contributed by atoms with E-state index in [4.69, 9.17) is 17.3 Å². The number of nitrogens with two attached hydrogens (primary N) is 1. The SMILES string of the molecule is Cc1ccc(Cl)cc1-c1ccc(-c2ccnc(N)n2)n1Cc1ccccc1. The Kier molecular flexibility index (Phi) is 4.65. The van der Waals surface area contributed by atoms with Gasteiger partial charge >= 0.3 is 0 Å². The molecule has 0 aliphatic rings. The zero-order valence-electron chi connectivity index (χ0n) is 14.9. The van der Waals surface area contributed by atoms with Crippen LogP contribution in [-0.2, 0) is 6.54 Å². The highest BCUT2D eigenvalue weighted by molar-refractivity contribution is 6.30. The fourth-order valence-electron chi connectivity index (χ4n) is 3.25. The van der Waals surface area contributed by atoms with Crippen molar-refractivity contribution in [3.05, 3.63) is 89.1 Å². The quantitative estimate of drug-likeness (QED) is 0.533. The van der Waals surface area contributed by atoms with Crippen molar-refractivity contribution in [2.45, 2.75) is 13.5 Å². The van der Waals surface area contributed by atoms with E-state index in [-0.39, 0.29) is 5.95 Å². The Morgan fingerprint density at radius 1 is 0.963 bits per heavy atom. The molecule has 2 aromatic heterocycles. The van der Waals surface area contributed by atoms with E-state index in [0.717, 1.165) is 27.7 Å². The van der Waals surface area contributed by atoms with E-state index in [2.05, 4.69) is 45.7 Å². The van der Waals surface area contributed by atoms with Gasteiger partial charge in [0.2, 0.25) is 5.95 Å². The van der Waals surface area contributed by atoms with Gasteiger partial charge in [0, 0.05) is 29.0 Å². The molecule has 4 aromatic rings. The van der Waals surface area contributed by atoms with Gasteiger partial charge in [-0.05, 0) is 48.4 Å². The minimum Gasteiger partial charge on any atom is -0.368 e. The summed E-state index contributed by atoms with van der Waals surface area (Å²) in [5.74, 6) is 0.264. The molecule has 4 nitrogen and oxygen atoms in total. The van der Waals surface area contributed by atoms with Gasteiger partial charge in [0.15, 0.2) is 0 Å². The van der Waals surface area contributed by atoms with Crippen LogP contribution in [0.1, 0.15) is 11.1 Å². The van der Waals surface area contributed by atoms with E-state index in [1.165, 1.54) is 11.1 Å². The summed E-state index contributed by atoms with van der Waals surface area (Å²) in [7, 11) is 0. The Morgan fingerprint density at radius 2 is 1.74 bits per heavy atom. The molecule has 0 aliphatic carbocycles. The predicted octanol–water partition coefficient (Wildman–Crippen LogP) is 5.20. The highest BCUT2D eigenvalue weighted by atomic mass is 35.5. The molecule has 0 fully saturated rings. The molecule has 0 atom stereocenters. The number of halogens is 1. The normalized spacial score (nSPS) is 10.9. The van der Waals surface area contributed by atoms with Crippen LogP contribution in [0.2, 0.25) is 5.02 Å². The van der Waals surface area contributed by atoms with E-state index in [1.807, 2.05) is 42.5 Å². The average Bonchev–Trinajstić information content (AvgIpc) is 3.08. The van der Waals surface area contributed by atoms with Gasteiger partial charge in [0.1, 0.15) is 0 Å². The summed E-state index contributed by atoms with van der Waals surface area (Å²) in [6.07, 6.45) is 1.68. The minimum atomic E-state index is 0.264. The lowest BCUT2D eigenvalue weighted by molar-refractivity contribution is 0.818. The Bertz CT molecular complexity index is 1090. The molecule has 0 radical (unpaired) electrons. The second-order valence-electron chi connectivity index (χ2n) is 6.43. The van der Waals surface area contributed by atoms with Gasteiger partial charge in [-0.15, -0.1) is 0 Å². The van der Waals surface area contributed by atoms with Crippen molar-refractivity contribution < 1.29 is 0 Å². The number of benzene rings is 2. The third kappa shape index (κ3) is 3.57. The van der Waals surface area contributed by atoms with Crippen molar-refractivity contribution in [2.24, 2.45) is 0 Å². The number of nitrogens with zero attached hydrogens (tertiary/aromatic N) is 3. The molecule has 0 bridgehead atoms. The number of nitrogen functional groups attached to an aromatic ring is 1. The molecule has 27 heavy (non-hydrogen) atoms. The van der Waals surface area contributed by atoms with Crippen LogP contribution in [0, 0.1) is 6.92 Å². The number of anilines is 1. The van der Waals surface area contributed by atoms with E-state index < -0.39 is 0 Å². The molecular formula is C22H19ClN4. The summed E-state index contributed by atoms with van der Waals surface area (Å²) < 4.78 is 2.25. The first kappa shape index (κ1) is 17.3. The van der Waals surface area contributed by atoms with Crippen LogP contribution in [0.15, 0.2) is 72.9 Å². The largest absolute Gasteiger partial charge is 0.368 e. The molecular weight excluding hydrogens is 356 g/mol. The molecule has 2 heterocycles. The molecule has 2 aromatic carbocycles. The highest BCUT2D eigenvalue weighted by Crippen LogP contribution is 2.32. The van der Waals surface area contributed by atoms with Gasteiger partial charge in [-0.3, -0.25) is 0 Å². The van der Waals surface area contributed by atoms with Crippen molar-refractivity contribution in [3.63, 3.8) is 0 Å². The maximum absolute atomic E-state index is 6.28. The fraction of sp³-hybridized carbons (Fsp3) is 0.0909. The highest BCUT2D eigenvalue weighted by Gasteiger charge is 2.15. The molecule has 0 saturated carbocycles. The van der Waals surface area contributed by atoms with Gasteiger partial charge in [0.05, 0.1) is 11.4 Å². The number of hydrogen-bond donors (Lipinski definition) is 1. The van der Waals surface area contributed by atoms with Crippen LogP contribution < -0.4 is 5.73 Å². The van der Waals surface area contributed by atoms with Gasteiger partial charge in [-0.25, -0.2) is 9.97 Å². The first-order valence-electron chi connectivity index (χ1n) is 8.71. The average molecular weight is 375 g/mol. The van der Waals surface area contributed by atoms with Crippen LogP contribution in [0.5, 0.6) is 0 Å². The van der Waals surface area contributed by atoms with Crippen LogP contribution >= 0.6 is 11.6 Å². The molecule has 0 saturated heterocycles. The lowest BCUT2D eigenvalue weighted by Gasteiger charge is -2.15. The topological polar surface area (TPSA) is 56.7 Å². The zero-order chi connectivity index (χ0) is 18.8. The molecule has 4 rings (SSSR count). The van der Waals surface area contributed by atoms with Crippen molar-refractivity contribution in [1.82, 2.24) is 14.5 Å². The Hall–Kier alpha value is -3.11. The second-order valence-corrected chi connectivity index (χ2v) is 6.87. The van der Waals surface area contributed by atoms with E-state index in [0.29, 0.717) is 6.54 Å². The Morgan fingerprint density at radius 3 is 2.52 bits per heavy atom. The summed E-state index contributed by atoms with van der Waals surface area (Å²) in [6, 6.07) is 22.4. The summed E-state index contributed by atoms with van der Waals surface area (Å²) in [4.78, 5) is 8.42. The maximum Gasteiger partial charge on any atom is 0.220 e. The molecule has 0 aliphatic heterocycles. The van der Waals surface area contributed by atoms with Crippen LogP contribution in [0.3, 0.4) is 0 Å². The zero-order valence-corrected chi connectivity index (χ0v) is 15.7. The number of hydrogen-bond acceptors (Lipinski definition) is 3. The van der Waals surface area contributed by atoms with Crippen LogP contribution in [-0.4, -0.2) is 14.5 Å². The smallest absolute Gasteiger partial charge is 0.220 e. The first-order chi connectivity index (χ1) is 13.1. The third-order valence-electron chi connectivity index (χ3n) is 4.58. The van der Waals surface area contributed by atoms with Gasteiger partial charge in [-0.1, -0.05) is 48.0 Å². The predicted molar refractivity (Wildman–Crippen MR) is 111 cm³/mol. The van der Waals surface area contributed by atoms with E-state index >= 15 is 0 Å². The molecule has 2 N–H and O–H groups in total. The van der Waals surface area contributed by atoms with Crippen molar-refractivity contribution in [2.75, 3.05) is 5.73 Å². The maximum atomic E-state index is 6.28. The van der Waals surface area contributed by atoms with E-state index in [9.17, 15) is 0 Å². The number of aromatic nitrogens is 3. The van der Waals surface area contributed by atoms with Crippen LogP contribution in [0.25, 0.3) is 22.6 Å². The third-order valence-corrected chi connectivity index (χ3v) is 4.81. The van der Waals surface area contributed by atoms with Gasteiger partial charge in [-0.2, -0.15) is 0 Å². The van der Waals surface area contributed by atoms with Crippen molar-refractivity contribution in [3.8, 4) is 22.6 Å². The molecule has 0 spiro atoms. The number of rotatable bonds is 4. The standard InChI is InChI=1S/C22H19ClN4/c1-15-7-8-17(23)13-18(15)20-9-10-21(19-11-12-25-22(24)26-19)27(20)14-16-5-3-2-4-6-16/h2-13H,14H2,1H3,(H2,24,25,26). The van der Waals surface area contributed by atoms with Crippen LogP contribution in [0.4, 0.5) is 5.95 Å². The van der Waals surface area contributed by atoms with Crippen molar-refractivity contribution >= 4 is 17.5 Å². The summed E-state index contributed by atoms with van der Waals surface area (Å²) in [5, 5.41) is 0.718. The molecule has 134 valence electrons. The monoisotopic (exact) mass is 374 g/mol.